The van der Waals surface area contributed by atoms with Crippen molar-refractivity contribution in [3.05, 3.63) is 52.8 Å². The first kappa shape index (κ1) is 16.5. The first-order valence-corrected chi connectivity index (χ1v) is 7.89. The Balaban J connectivity index is 1.71. The van der Waals surface area contributed by atoms with E-state index in [1.807, 2.05) is 13.2 Å². The van der Waals surface area contributed by atoms with Crippen molar-refractivity contribution in [3.63, 3.8) is 0 Å². The molecule has 1 fully saturated rings. The fourth-order valence-corrected chi connectivity index (χ4v) is 2.89. The van der Waals surface area contributed by atoms with Crippen molar-refractivity contribution in [2.75, 3.05) is 7.11 Å². The Morgan fingerprint density at radius 3 is 2.83 bits per heavy atom. The number of esters is 2. The molecule has 0 saturated heterocycles. The van der Waals surface area contributed by atoms with Crippen molar-refractivity contribution in [2.24, 2.45) is 13.0 Å². The summed E-state index contributed by atoms with van der Waals surface area (Å²) in [6.07, 6.45) is 3.20. The molecule has 3 rings (SSSR count). The van der Waals surface area contributed by atoms with E-state index < -0.39 is 18.0 Å². The number of nitrogens with zero attached hydrogens (tertiary/aromatic N) is 2. The van der Waals surface area contributed by atoms with Crippen LogP contribution in [0.15, 0.2) is 36.7 Å². The van der Waals surface area contributed by atoms with E-state index in [1.54, 1.807) is 35.1 Å². The van der Waals surface area contributed by atoms with E-state index in [1.165, 1.54) is 7.11 Å². The molecular weight excluding hydrogens is 332 g/mol. The maximum Gasteiger partial charge on any atom is 0.351 e. The van der Waals surface area contributed by atoms with Crippen molar-refractivity contribution in [2.45, 2.75) is 18.4 Å². The smallest absolute Gasteiger partial charge is 0.351 e. The largest absolute Gasteiger partial charge is 0.466 e. The predicted octanol–water partition coefficient (Wildman–Crippen LogP) is 2.63. The highest BCUT2D eigenvalue weighted by Gasteiger charge is 2.47. The summed E-state index contributed by atoms with van der Waals surface area (Å²) >= 11 is 5.95. The zero-order valence-corrected chi connectivity index (χ0v) is 14.1. The van der Waals surface area contributed by atoms with Crippen molar-refractivity contribution >= 4 is 23.5 Å². The molecule has 1 aliphatic rings. The number of carbonyl (C=O) groups excluding carboxylic acids is 2. The number of hydrogen-bond acceptors (Lipinski definition) is 5. The van der Waals surface area contributed by atoms with Gasteiger partial charge in [0.2, 0.25) is 6.10 Å². The van der Waals surface area contributed by atoms with Gasteiger partial charge in [-0.3, -0.25) is 9.48 Å². The normalized spacial score (nSPS) is 20.3. The molecule has 1 heterocycles. The zero-order chi connectivity index (χ0) is 17.3. The van der Waals surface area contributed by atoms with E-state index in [9.17, 15) is 9.59 Å². The minimum Gasteiger partial charge on any atom is -0.466 e. The van der Waals surface area contributed by atoms with E-state index in [2.05, 4.69) is 5.10 Å². The van der Waals surface area contributed by atoms with Crippen molar-refractivity contribution < 1.29 is 19.1 Å². The van der Waals surface area contributed by atoms with Crippen LogP contribution in [0.3, 0.4) is 0 Å². The molecule has 24 heavy (non-hydrogen) atoms. The van der Waals surface area contributed by atoms with Crippen molar-refractivity contribution in [3.8, 4) is 0 Å². The molecule has 0 spiro atoms. The molecule has 3 atom stereocenters. The summed E-state index contributed by atoms with van der Waals surface area (Å²) in [5.74, 6) is -1.23. The number of aromatic nitrogens is 2. The molecule has 0 N–H and O–H groups in total. The number of aryl methyl sites for hydroxylation is 1. The monoisotopic (exact) mass is 348 g/mol. The standard InChI is InChI=1S/C17H17ClN2O4/c1-20-9-11(8-19-20)13-7-14(13)16(21)24-15(17(22)23-2)10-4-3-5-12(18)6-10/h3-6,8-9,13-15H,7H2,1-2H3/t13-,14+,15+/m0/s1. The Labute approximate surface area is 144 Å². The third-order valence-electron chi connectivity index (χ3n) is 4.05. The molecule has 126 valence electrons. The second-order valence-electron chi connectivity index (χ2n) is 5.79. The maximum atomic E-state index is 12.4. The van der Waals surface area contributed by atoms with Gasteiger partial charge >= 0.3 is 11.9 Å². The summed E-state index contributed by atoms with van der Waals surface area (Å²) in [5.41, 5.74) is 1.48. The Kier molecular flexibility index (Phi) is 4.57. The van der Waals surface area contributed by atoms with Crippen molar-refractivity contribution in [1.82, 2.24) is 9.78 Å². The van der Waals surface area contributed by atoms with Gasteiger partial charge in [0, 0.05) is 29.7 Å². The molecule has 6 nitrogen and oxygen atoms in total. The lowest BCUT2D eigenvalue weighted by Gasteiger charge is -2.16. The first-order chi connectivity index (χ1) is 11.5. The van der Waals surface area contributed by atoms with Gasteiger partial charge in [-0.1, -0.05) is 23.7 Å². The van der Waals surface area contributed by atoms with Gasteiger partial charge in [0.05, 0.1) is 19.2 Å². The average molecular weight is 349 g/mol. The topological polar surface area (TPSA) is 70.4 Å². The molecule has 0 amide bonds. The second-order valence-corrected chi connectivity index (χ2v) is 6.23. The van der Waals surface area contributed by atoms with Crippen molar-refractivity contribution in [1.29, 1.82) is 0 Å². The van der Waals surface area contributed by atoms with Gasteiger partial charge in [-0.2, -0.15) is 5.10 Å². The Morgan fingerprint density at radius 1 is 1.42 bits per heavy atom. The van der Waals surface area contributed by atoms with Crippen LogP contribution < -0.4 is 0 Å². The minimum atomic E-state index is -1.11. The van der Waals surface area contributed by atoms with Gasteiger partial charge in [0.25, 0.3) is 0 Å². The van der Waals surface area contributed by atoms with E-state index in [0.29, 0.717) is 17.0 Å². The molecule has 2 aromatic rings. The zero-order valence-electron chi connectivity index (χ0n) is 13.3. The number of hydrogen-bond donors (Lipinski definition) is 0. The van der Waals surface area contributed by atoms with Gasteiger partial charge < -0.3 is 9.47 Å². The fraction of sp³-hybridized carbons (Fsp3) is 0.353. The summed E-state index contributed by atoms with van der Waals surface area (Å²) < 4.78 is 11.9. The lowest BCUT2D eigenvalue weighted by Crippen LogP contribution is -2.22. The summed E-state index contributed by atoms with van der Waals surface area (Å²) in [4.78, 5) is 24.4. The number of carbonyl (C=O) groups is 2. The van der Waals surface area contributed by atoms with Crippen LogP contribution in [-0.4, -0.2) is 28.8 Å². The molecule has 7 heteroatoms. The summed E-state index contributed by atoms with van der Waals surface area (Å²) in [5, 5.41) is 4.56. The third-order valence-corrected chi connectivity index (χ3v) is 4.28. The lowest BCUT2D eigenvalue weighted by atomic mass is 10.1. The highest BCUT2D eigenvalue weighted by molar-refractivity contribution is 6.30. The van der Waals surface area contributed by atoms with Crippen LogP contribution in [0.1, 0.15) is 29.6 Å². The lowest BCUT2D eigenvalue weighted by molar-refractivity contribution is -0.167. The SMILES string of the molecule is COC(=O)[C@H](OC(=O)[C@@H]1C[C@H]1c1cnn(C)c1)c1cccc(Cl)c1. The molecule has 0 aliphatic heterocycles. The summed E-state index contributed by atoms with van der Waals surface area (Å²) in [7, 11) is 3.08. The van der Waals surface area contributed by atoms with E-state index in [0.717, 1.165) is 5.56 Å². The quantitative estimate of drug-likeness (QED) is 0.777. The van der Waals surface area contributed by atoms with Gasteiger partial charge in [-0.25, -0.2) is 4.79 Å². The highest BCUT2D eigenvalue weighted by Crippen LogP contribution is 2.48. The maximum absolute atomic E-state index is 12.4. The van der Waals surface area contributed by atoms with Crippen LogP contribution in [0, 0.1) is 5.92 Å². The van der Waals surface area contributed by atoms with E-state index >= 15 is 0 Å². The summed E-state index contributed by atoms with van der Waals surface area (Å²) in [6.45, 7) is 0. The molecule has 1 aromatic carbocycles. The molecule has 0 radical (unpaired) electrons. The number of halogens is 1. The van der Waals surface area contributed by atoms with Gasteiger partial charge in [-0.15, -0.1) is 0 Å². The van der Waals surface area contributed by atoms with Crippen LogP contribution >= 0.6 is 11.6 Å². The van der Waals surface area contributed by atoms with Crippen LogP contribution in [0.4, 0.5) is 0 Å². The van der Waals surface area contributed by atoms with Crippen LogP contribution in [0.5, 0.6) is 0 Å². The molecule has 1 saturated carbocycles. The molecule has 0 bridgehead atoms. The molecule has 0 unspecified atom stereocenters. The molecular formula is C17H17ClN2O4. The number of rotatable bonds is 5. The Bertz CT molecular complexity index is 773. The Hall–Kier alpha value is -2.34. The number of ether oxygens (including phenoxy) is 2. The van der Waals surface area contributed by atoms with E-state index in [-0.39, 0.29) is 11.8 Å². The van der Waals surface area contributed by atoms with Crippen LogP contribution in [0.2, 0.25) is 5.02 Å². The molecule has 1 aliphatic carbocycles. The first-order valence-electron chi connectivity index (χ1n) is 7.52. The fourth-order valence-electron chi connectivity index (χ4n) is 2.69. The van der Waals surface area contributed by atoms with Gasteiger partial charge in [-0.05, 0) is 24.1 Å². The van der Waals surface area contributed by atoms with Crippen LogP contribution in [-0.2, 0) is 26.1 Å². The summed E-state index contributed by atoms with van der Waals surface area (Å²) in [6, 6.07) is 6.63. The van der Waals surface area contributed by atoms with Gasteiger partial charge in [0.1, 0.15) is 0 Å². The number of benzene rings is 1. The van der Waals surface area contributed by atoms with Gasteiger partial charge in [0.15, 0.2) is 0 Å². The van der Waals surface area contributed by atoms with E-state index in [4.69, 9.17) is 21.1 Å². The predicted molar refractivity (Wildman–Crippen MR) is 86.4 cm³/mol. The number of methoxy groups -OCH3 is 1. The third kappa shape index (κ3) is 3.43. The average Bonchev–Trinajstić information content (AvgIpc) is 3.26. The minimum absolute atomic E-state index is 0.0869. The highest BCUT2D eigenvalue weighted by atomic mass is 35.5. The Morgan fingerprint density at radius 2 is 2.21 bits per heavy atom. The second kappa shape index (κ2) is 6.65. The van der Waals surface area contributed by atoms with Crippen LogP contribution in [0.25, 0.3) is 0 Å². The molecule has 1 aromatic heterocycles.